The molecule has 1 saturated heterocycles. The second-order valence-electron chi connectivity index (χ2n) is 6.38. The number of amides is 1. The van der Waals surface area contributed by atoms with Gasteiger partial charge in [0.25, 0.3) is 5.91 Å². The normalized spacial score (nSPS) is 17.9. The predicted molar refractivity (Wildman–Crippen MR) is 96.3 cm³/mol. The van der Waals surface area contributed by atoms with Gasteiger partial charge in [-0.1, -0.05) is 60.7 Å². The van der Waals surface area contributed by atoms with E-state index in [1.54, 1.807) is 0 Å². The molecule has 0 saturated carbocycles. The largest absolute Gasteiger partial charge is 0.473 e. The minimum absolute atomic E-state index is 0.0731. The lowest BCUT2D eigenvalue weighted by Gasteiger charge is -2.37. The molecule has 0 aliphatic carbocycles. The van der Waals surface area contributed by atoms with E-state index in [9.17, 15) is 14.4 Å². The Bertz CT molecular complexity index is 783. The van der Waals surface area contributed by atoms with Crippen LogP contribution in [0.25, 0.3) is 0 Å². The molecule has 1 heterocycles. The van der Waals surface area contributed by atoms with E-state index in [-0.39, 0.29) is 12.3 Å². The van der Waals surface area contributed by atoms with E-state index in [1.165, 1.54) is 0 Å². The van der Waals surface area contributed by atoms with Gasteiger partial charge in [0.2, 0.25) is 0 Å². The van der Waals surface area contributed by atoms with Crippen molar-refractivity contribution in [2.75, 3.05) is 6.54 Å². The molecule has 0 spiro atoms. The summed E-state index contributed by atoms with van der Waals surface area (Å²) in [5, 5.41) is 12.1. The molecule has 1 fully saturated rings. The Labute approximate surface area is 156 Å². The molecule has 3 rings (SSSR count). The highest BCUT2D eigenvalue weighted by atomic mass is 16.7. The molecule has 0 radical (unpaired) electrons. The second kappa shape index (κ2) is 8.01. The fourth-order valence-electron chi connectivity index (χ4n) is 3.72. The lowest BCUT2D eigenvalue weighted by atomic mass is 9.73. The molecule has 1 aliphatic rings. The fourth-order valence-corrected chi connectivity index (χ4v) is 3.72. The van der Waals surface area contributed by atoms with Crippen LogP contribution in [0, 0.1) is 5.92 Å². The van der Waals surface area contributed by atoms with Gasteiger partial charge in [-0.2, -0.15) is 5.48 Å². The van der Waals surface area contributed by atoms with Crippen molar-refractivity contribution in [3.8, 4) is 0 Å². The quantitative estimate of drug-likeness (QED) is 0.559. The minimum Gasteiger partial charge on any atom is -0.473 e. The van der Waals surface area contributed by atoms with Crippen molar-refractivity contribution < 1.29 is 24.3 Å². The van der Waals surface area contributed by atoms with Gasteiger partial charge in [-0.3, -0.25) is 4.79 Å². The van der Waals surface area contributed by atoms with Crippen LogP contribution < -0.4 is 10.8 Å². The average Bonchev–Trinajstić information content (AvgIpc) is 3.11. The minimum atomic E-state index is -1.76. The number of carbonyl (C=O) groups excluding carboxylic acids is 2. The van der Waals surface area contributed by atoms with Crippen molar-refractivity contribution in [2.24, 2.45) is 5.92 Å². The summed E-state index contributed by atoms with van der Waals surface area (Å²) in [5.74, 6) is -3.94. The maximum Gasteiger partial charge on any atom is 0.441 e. The lowest BCUT2D eigenvalue weighted by molar-refractivity contribution is -0.171. The molecule has 7 nitrogen and oxygen atoms in total. The van der Waals surface area contributed by atoms with E-state index >= 15 is 0 Å². The Morgan fingerprint density at radius 1 is 1.04 bits per heavy atom. The van der Waals surface area contributed by atoms with Gasteiger partial charge >= 0.3 is 11.9 Å². The van der Waals surface area contributed by atoms with E-state index in [2.05, 4.69) is 10.2 Å². The van der Waals surface area contributed by atoms with Gasteiger partial charge < -0.3 is 15.3 Å². The van der Waals surface area contributed by atoms with Gasteiger partial charge in [0, 0.05) is 6.42 Å². The maximum absolute atomic E-state index is 12.3. The summed E-state index contributed by atoms with van der Waals surface area (Å²) in [7, 11) is 0. The van der Waals surface area contributed by atoms with Crippen molar-refractivity contribution in [3.05, 3.63) is 71.8 Å². The number of nitrogens with one attached hydrogen (secondary N) is 2. The number of carboxylic acids is 1. The van der Waals surface area contributed by atoms with E-state index in [1.807, 2.05) is 66.1 Å². The van der Waals surface area contributed by atoms with Crippen molar-refractivity contribution in [3.63, 3.8) is 0 Å². The molecule has 3 N–H and O–H groups in total. The summed E-state index contributed by atoms with van der Waals surface area (Å²) >= 11 is 0. The van der Waals surface area contributed by atoms with Crippen molar-refractivity contribution in [1.82, 2.24) is 10.8 Å². The van der Waals surface area contributed by atoms with E-state index in [0.717, 1.165) is 24.1 Å². The summed E-state index contributed by atoms with van der Waals surface area (Å²) in [4.78, 5) is 38.1. The zero-order valence-electron chi connectivity index (χ0n) is 14.6. The van der Waals surface area contributed by atoms with Crippen LogP contribution in [0.1, 0.15) is 24.0 Å². The summed E-state index contributed by atoms with van der Waals surface area (Å²) < 4.78 is 0. The number of hydrogen-bond donors (Lipinski definition) is 3. The van der Waals surface area contributed by atoms with E-state index < -0.39 is 23.4 Å². The molecule has 1 atom stereocenters. The summed E-state index contributed by atoms with van der Waals surface area (Å²) in [6.45, 7) is 0.719. The Hall–Kier alpha value is -3.19. The highest BCUT2D eigenvalue weighted by molar-refractivity contribution is 6.28. The maximum atomic E-state index is 12.3. The Balaban J connectivity index is 1.86. The van der Waals surface area contributed by atoms with Gasteiger partial charge in [-0.05, 0) is 30.0 Å². The molecule has 2 aromatic carbocycles. The van der Waals surface area contributed by atoms with Crippen LogP contribution in [-0.2, 0) is 24.8 Å². The number of rotatable bonds is 4. The monoisotopic (exact) mass is 368 g/mol. The van der Waals surface area contributed by atoms with Crippen molar-refractivity contribution in [1.29, 1.82) is 0 Å². The van der Waals surface area contributed by atoms with Gasteiger partial charge in [-0.25, -0.2) is 9.59 Å². The number of carboxylic acid groups (broad SMARTS) is 1. The highest BCUT2D eigenvalue weighted by Crippen LogP contribution is 2.43. The molecule has 1 aliphatic heterocycles. The molecule has 140 valence electrons. The number of benzene rings is 2. The second-order valence-corrected chi connectivity index (χ2v) is 6.38. The van der Waals surface area contributed by atoms with Crippen LogP contribution in [-0.4, -0.2) is 29.5 Å². The third-order valence-electron chi connectivity index (χ3n) is 4.83. The third-order valence-corrected chi connectivity index (χ3v) is 4.83. The number of aliphatic carboxylic acids is 1. The molecule has 7 heteroatoms. The Morgan fingerprint density at radius 2 is 1.59 bits per heavy atom. The fraction of sp³-hybridized carbons (Fsp3) is 0.250. The zero-order valence-corrected chi connectivity index (χ0v) is 14.6. The molecular weight excluding hydrogens is 348 g/mol. The zero-order chi connectivity index (χ0) is 19.3. The predicted octanol–water partition coefficient (Wildman–Crippen LogP) is 1.59. The summed E-state index contributed by atoms with van der Waals surface area (Å²) in [6, 6.07) is 19.7. The van der Waals surface area contributed by atoms with Crippen molar-refractivity contribution >= 4 is 17.8 Å². The number of hydroxylamine groups is 1. The summed E-state index contributed by atoms with van der Waals surface area (Å²) in [6.07, 6.45) is 0.813. The first-order valence-corrected chi connectivity index (χ1v) is 8.63. The number of hydrogen-bond acceptors (Lipinski definition) is 5. The van der Waals surface area contributed by atoms with E-state index in [4.69, 9.17) is 5.11 Å². The number of carbonyl (C=O) groups is 3. The highest BCUT2D eigenvalue weighted by Gasteiger charge is 2.46. The molecule has 2 aromatic rings. The molecule has 0 bridgehead atoms. The smallest absolute Gasteiger partial charge is 0.441 e. The van der Waals surface area contributed by atoms with Gasteiger partial charge in [0.1, 0.15) is 0 Å². The SMILES string of the molecule is O=C(CC1CCNC1(c1ccccc1)c1ccccc1)NOC(=O)C(=O)O. The van der Waals surface area contributed by atoms with Gasteiger partial charge in [0.05, 0.1) is 5.54 Å². The topological polar surface area (TPSA) is 105 Å². The molecule has 1 unspecified atom stereocenters. The van der Waals surface area contributed by atoms with Crippen LogP contribution >= 0.6 is 0 Å². The lowest BCUT2D eigenvalue weighted by Crippen LogP contribution is -2.44. The van der Waals surface area contributed by atoms with Crippen molar-refractivity contribution in [2.45, 2.75) is 18.4 Å². The summed E-state index contributed by atoms with van der Waals surface area (Å²) in [5.41, 5.74) is 3.45. The van der Waals surface area contributed by atoms with Crippen LogP contribution in [0.4, 0.5) is 0 Å². The van der Waals surface area contributed by atoms with Crippen LogP contribution in [0.3, 0.4) is 0 Å². The first kappa shape index (κ1) is 18.6. The standard InChI is InChI=1S/C20H20N2O5/c23-17(22-27-19(26)18(24)25)13-16-11-12-21-20(16,14-7-3-1-4-8-14)15-9-5-2-6-10-15/h1-10,16,21H,11-13H2,(H,22,23)(H,24,25). The first-order valence-electron chi connectivity index (χ1n) is 8.63. The van der Waals surface area contributed by atoms with Gasteiger partial charge in [0.15, 0.2) is 0 Å². The van der Waals surface area contributed by atoms with Crippen LogP contribution in [0.15, 0.2) is 60.7 Å². The Kier molecular flexibility index (Phi) is 5.52. The molecular formula is C20H20N2O5. The Morgan fingerprint density at radius 3 is 2.11 bits per heavy atom. The van der Waals surface area contributed by atoms with Crippen LogP contribution in [0.5, 0.6) is 0 Å². The molecule has 1 amide bonds. The first-order chi connectivity index (χ1) is 13.0. The third kappa shape index (κ3) is 3.83. The molecule has 0 aromatic heterocycles. The average molecular weight is 368 g/mol. The van der Waals surface area contributed by atoms with E-state index in [0.29, 0.717) is 0 Å². The molecule has 27 heavy (non-hydrogen) atoms. The van der Waals surface area contributed by atoms with Crippen LogP contribution in [0.2, 0.25) is 0 Å². The van der Waals surface area contributed by atoms with Gasteiger partial charge in [-0.15, -0.1) is 0 Å².